The molecule has 0 heterocycles. The van der Waals surface area contributed by atoms with E-state index in [0.29, 0.717) is 6.54 Å². The van der Waals surface area contributed by atoms with Gasteiger partial charge in [0, 0.05) is 32.4 Å². The molecule has 0 bridgehead atoms. The molecule has 0 saturated carbocycles. The molecule has 0 aromatic heterocycles. The van der Waals surface area contributed by atoms with Crippen molar-refractivity contribution in [1.29, 1.82) is 0 Å². The number of rotatable bonds is 4. The van der Waals surface area contributed by atoms with E-state index in [1.54, 1.807) is 16.8 Å². The second-order valence-electron chi connectivity index (χ2n) is 4.01. The fourth-order valence-electron chi connectivity index (χ4n) is 1.74. The first-order chi connectivity index (χ1) is 8.10. The summed E-state index contributed by atoms with van der Waals surface area (Å²) in [5.74, 6) is 0. The quantitative estimate of drug-likeness (QED) is 0.813. The average molecular weight is 235 g/mol. The minimum atomic E-state index is 0.0400. The van der Waals surface area contributed by atoms with E-state index in [4.69, 9.17) is 5.73 Å². The van der Waals surface area contributed by atoms with E-state index in [1.165, 1.54) is 0 Å². The lowest BCUT2D eigenvalue weighted by Gasteiger charge is -2.26. The van der Waals surface area contributed by atoms with Crippen molar-refractivity contribution in [2.24, 2.45) is 0 Å². The van der Waals surface area contributed by atoms with Crippen molar-refractivity contribution in [3.8, 4) is 0 Å². The van der Waals surface area contributed by atoms with E-state index in [1.807, 2.05) is 38.1 Å². The first-order valence-corrected chi connectivity index (χ1v) is 5.93. The number of nitrogen functional groups attached to an aromatic ring is 1. The number of benzene rings is 1. The summed E-state index contributed by atoms with van der Waals surface area (Å²) in [7, 11) is 1.80. The van der Waals surface area contributed by atoms with E-state index >= 15 is 0 Å². The Balaban J connectivity index is 2.69. The second-order valence-corrected chi connectivity index (χ2v) is 4.01. The topological polar surface area (TPSA) is 49.6 Å². The van der Waals surface area contributed by atoms with Crippen LogP contribution in [0.2, 0.25) is 0 Å². The zero-order valence-electron chi connectivity index (χ0n) is 10.8. The van der Waals surface area contributed by atoms with Gasteiger partial charge in [-0.1, -0.05) is 18.2 Å². The molecule has 0 saturated heterocycles. The third kappa shape index (κ3) is 3.37. The van der Waals surface area contributed by atoms with Gasteiger partial charge in [-0.15, -0.1) is 0 Å². The van der Waals surface area contributed by atoms with E-state index in [0.717, 1.165) is 24.3 Å². The molecule has 0 atom stereocenters. The van der Waals surface area contributed by atoms with Crippen LogP contribution in [0.15, 0.2) is 24.3 Å². The molecule has 94 valence electrons. The van der Waals surface area contributed by atoms with Gasteiger partial charge >= 0.3 is 6.03 Å². The Morgan fingerprint density at radius 1 is 1.24 bits per heavy atom. The summed E-state index contributed by atoms with van der Waals surface area (Å²) in [5.41, 5.74) is 7.57. The van der Waals surface area contributed by atoms with Crippen molar-refractivity contribution < 1.29 is 4.79 Å². The summed E-state index contributed by atoms with van der Waals surface area (Å²) in [6.45, 7) is 5.95. The average Bonchev–Trinajstić information content (AvgIpc) is 2.33. The summed E-state index contributed by atoms with van der Waals surface area (Å²) in [4.78, 5) is 15.5. The number of amides is 2. The van der Waals surface area contributed by atoms with Crippen LogP contribution >= 0.6 is 0 Å². The van der Waals surface area contributed by atoms with Gasteiger partial charge in [-0.2, -0.15) is 0 Å². The second kappa shape index (κ2) is 6.13. The molecule has 0 spiro atoms. The van der Waals surface area contributed by atoms with Gasteiger partial charge in [0.2, 0.25) is 0 Å². The largest absolute Gasteiger partial charge is 0.398 e. The number of nitrogens with two attached hydrogens (primary N) is 1. The van der Waals surface area contributed by atoms with E-state index < -0.39 is 0 Å². The van der Waals surface area contributed by atoms with Gasteiger partial charge in [0.25, 0.3) is 0 Å². The molecule has 4 heteroatoms. The number of anilines is 1. The van der Waals surface area contributed by atoms with Crippen LogP contribution in [0.4, 0.5) is 10.5 Å². The van der Waals surface area contributed by atoms with Crippen molar-refractivity contribution in [2.75, 3.05) is 25.9 Å². The normalized spacial score (nSPS) is 10.1. The summed E-state index contributed by atoms with van der Waals surface area (Å²) < 4.78 is 0. The van der Waals surface area contributed by atoms with Crippen LogP contribution in [0.5, 0.6) is 0 Å². The van der Waals surface area contributed by atoms with Gasteiger partial charge in [0.1, 0.15) is 0 Å². The van der Waals surface area contributed by atoms with Crippen molar-refractivity contribution in [3.05, 3.63) is 29.8 Å². The Labute approximate surface area is 103 Å². The standard InChI is InChI=1S/C13H21N3O/c1-4-16(5-2)13(17)15(3)10-11-8-6-7-9-12(11)14/h6-9H,4-5,10,14H2,1-3H3. The number of urea groups is 1. The zero-order chi connectivity index (χ0) is 12.8. The van der Waals surface area contributed by atoms with Crippen LogP contribution in [-0.4, -0.2) is 36.0 Å². The highest BCUT2D eigenvalue weighted by Gasteiger charge is 2.15. The van der Waals surface area contributed by atoms with Gasteiger partial charge in [0.05, 0.1) is 0 Å². The minimum Gasteiger partial charge on any atom is -0.398 e. The van der Waals surface area contributed by atoms with Gasteiger partial charge < -0.3 is 15.5 Å². The molecule has 0 fully saturated rings. The molecule has 2 amide bonds. The van der Waals surface area contributed by atoms with Crippen LogP contribution in [0.25, 0.3) is 0 Å². The maximum Gasteiger partial charge on any atom is 0.320 e. The number of hydrogen-bond donors (Lipinski definition) is 1. The highest BCUT2D eigenvalue weighted by Crippen LogP contribution is 2.13. The van der Waals surface area contributed by atoms with Crippen LogP contribution in [0.3, 0.4) is 0 Å². The lowest BCUT2D eigenvalue weighted by Crippen LogP contribution is -2.40. The van der Waals surface area contributed by atoms with Crippen LogP contribution in [0, 0.1) is 0 Å². The molecule has 2 N–H and O–H groups in total. The highest BCUT2D eigenvalue weighted by atomic mass is 16.2. The third-order valence-electron chi connectivity index (χ3n) is 2.82. The number of nitrogens with zero attached hydrogens (tertiary/aromatic N) is 2. The summed E-state index contributed by atoms with van der Waals surface area (Å²) in [5, 5.41) is 0. The van der Waals surface area contributed by atoms with E-state index in [-0.39, 0.29) is 6.03 Å². The van der Waals surface area contributed by atoms with Crippen LogP contribution in [0.1, 0.15) is 19.4 Å². The Kier molecular flexibility index (Phi) is 4.82. The van der Waals surface area contributed by atoms with Gasteiger partial charge in [-0.3, -0.25) is 0 Å². The molecule has 0 radical (unpaired) electrons. The van der Waals surface area contributed by atoms with E-state index in [9.17, 15) is 4.79 Å². The fourth-order valence-corrected chi connectivity index (χ4v) is 1.74. The smallest absolute Gasteiger partial charge is 0.320 e. The molecule has 4 nitrogen and oxygen atoms in total. The van der Waals surface area contributed by atoms with Crippen molar-refractivity contribution in [2.45, 2.75) is 20.4 Å². The first-order valence-electron chi connectivity index (χ1n) is 5.93. The Hall–Kier alpha value is -1.71. The molecular formula is C13H21N3O. The molecular weight excluding hydrogens is 214 g/mol. The van der Waals surface area contributed by atoms with E-state index in [2.05, 4.69) is 0 Å². The Bertz CT molecular complexity index is 375. The molecule has 0 aliphatic carbocycles. The summed E-state index contributed by atoms with van der Waals surface area (Å²) in [6, 6.07) is 7.66. The van der Waals surface area contributed by atoms with Crippen molar-refractivity contribution >= 4 is 11.7 Å². The minimum absolute atomic E-state index is 0.0400. The number of hydrogen-bond acceptors (Lipinski definition) is 2. The molecule has 0 aliphatic rings. The predicted molar refractivity (Wildman–Crippen MR) is 70.6 cm³/mol. The number of carbonyl (C=O) groups excluding carboxylic acids is 1. The summed E-state index contributed by atoms with van der Waals surface area (Å²) >= 11 is 0. The van der Waals surface area contributed by atoms with Crippen LogP contribution in [-0.2, 0) is 6.54 Å². The van der Waals surface area contributed by atoms with Gasteiger partial charge in [-0.25, -0.2) is 4.79 Å². The SMILES string of the molecule is CCN(CC)C(=O)N(C)Cc1ccccc1N. The zero-order valence-corrected chi connectivity index (χ0v) is 10.8. The highest BCUT2D eigenvalue weighted by molar-refractivity contribution is 5.74. The third-order valence-corrected chi connectivity index (χ3v) is 2.82. The van der Waals surface area contributed by atoms with Crippen molar-refractivity contribution in [3.63, 3.8) is 0 Å². The van der Waals surface area contributed by atoms with Crippen molar-refractivity contribution in [1.82, 2.24) is 9.80 Å². The van der Waals surface area contributed by atoms with Gasteiger partial charge in [0.15, 0.2) is 0 Å². The number of carbonyl (C=O) groups is 1. The molecule has 1 rings (SSSR count). The maximum absolute atomic E-state index is 12.0. The Morgan fingerprint density at radius 3 is 2.35 bits per heavy atom. The monoisotopic (exact) mass is 235 g/mol. The lowest BCUT2D eigenvalue weighted by atomic mass is 10.2. The Morgan fingerprint density at radius 2 is 1.82 bits per heavy atom. The molecule has 0 aliphatic heterocycles. The number of para-hydroxylation sites is 1. The predicted octanol–water partition coefficient (Wildman–Crippen LogP) is 2.16. The molecule has 1 aromatic carbocycles. The first kappa shape index (κ1) is 13.4. The van der Waals surface area contributed by atoms with Crippen LogP contribution < -0.4 is 5.73 Å². The fraction of sp³-hybridized carbons (Fsp3) is 0.462. The summed E-state index contributed by atoms with van der Waals surface area (Å²) in [6.07, 6.45) is 0. The van der Waals surface area contributed by atoms with Gasteiger partial charge in [-0.05, 0) is 25.5 Å². The lowest BCUT2D eigenvalue weighted by molar-refractivity contribution is 0.165. The maximum atomic E-state index is 12.0. The molecule has 0 unspecified atom stereocenters. The molecule has 17 heavy (non-hydrogen) atoms. The molecule has 1 aromatic rings.